The SMILES string of the molecule is O=C(Nc1ccccc1OC1CCCC1)c1cccc(N2NC(=O)C3CC=CCC3C2=O)c1. The van der Waals surface area contributed by atoms with Gasteiger partial charge in [0.25, 0.3) is 5.91 Å². The minimum atomic E-state index is -0.374. The first-order valence-electron chi connectivity index (χ1n) is 11.6. The third kappa shape index (κ3) is 4.35. The molecular weight excluding hydrogens is 418 g/mol. The van der Waals surface area contributed by atoms with E-state index in [1.165, 1.54) is 5.01 Å². The van der Waals surface area contributed by atoms with Gasteiger partial charge in [-0.05, 0) is 68.9 Å². The first kappa shape index (κ1) is 21.2. The highest BCUT2D eigenvalue weighted by atomic mass is 16.5. The van der Waals surface area contributed by atoms with Crippen molar-refractivity contribution in [2.75, 3.05) is 10.3 Å². The molecule has 1 saturated carbocycles. The predicted molar refractivity (Wildman–Crippen MR) is 125 cm³/mol. The van der Waals surface area contributed by atoms with Crippen molar-refractivity contribution < 1.29 is 19.1 Å². The van der Waals surface area contributed by atoms with Crippen molar-refractivity contribution in [2.24, 2.45) is 11.8 Å². The Labute approximate surface area is 192 Å². The van der Waals surface area contributed by atoms with Gasteiger partial charge in [0.15, 0.2) is 0 Å². The Kier molecular flexibility index (Phi) is 5.86. The van der Waals surface area contributed by atoms with E-state index in [2.05, 4.69) is 10.7 Å². The van der Waals surface area contributed by atoms with Crippen LogP contribution in [0.5, 0.6) is 5.75 Å². The molecule has 0 radical (unpaired) electrons. The molecule has 2 aliphatic carbocycles. The van der Waals surface area contributed by atoms with Crippen LogP contribution in [-0.4, -0.2) is 23.8 Å². The lowest BCUT2D eigenvalue weighted by Crippen LogP contribution is -2.59. The normalized spacial score (nSPS) is 22.6. The lowest BCUT2D eigenvalue weighted by molar-refractivity contribution is -0.139. The number of amides is 3. The fourth-order valence-corrected chi connectivity index (χ4v) is 4.82. The van der Waals surface area contributed by atoms with Crippen LogP contribution in [0, 0.1) is 11.8 Å². The van der Waals surface area contributed by atoms with Crippen LogP contribution in [0.25, 0.3) is 0 Å². The monoisotopic (exact) mass is 445 g/mol. The molecule has 2 aromatic carbocycles. The Morgan fingerprint density at radius 1 is 0.970 bits per heavy atom. The predicted octanol–water partition coefficient (Wildman–Crippen LogP) is 4.22. The number of nitrogens with zero attached hydrogens (tertiary/aromatic N) is 1. The number of fused-ring (bicyclic) bond motifs is 1. The van der Waals surface area contributed by atoms with Crippen molar-refractivity contribution in [1.82, 2.24) is 5.43 Å². The molecule has 0 bridgehead atoms. The molecule has 2 fully saturated rings. The molecule has 170 valence electrons. The largest absolute Gasteiger partial charge is 0.488 e. The van der Waals surface area contributed by atoms with Crippen LogP contribution in [0.4, 0.5) is 11.4 Å². The van der Waals surface area contributed by atoms with Gasteiger partial charge >= 0.3 is 0 Å². The highest BCUT2D eigenvalue weighted by molar-refractivity contribution is 6.07. The Morgan fingerprint density at radius 3 is 2.55 bits per heavy atom. The smallest absolute Gasteiger partial charge is 0.255 e. The maximum atomic E-state index is 13.0. The summed E-state index contributed by atoms with van der Waals surface area (Å²) in [6.07, 6.45) is 9.57. The number of hydrazine groups is 1. The Balaban J connectivity index is 1.33. The second kappa shape index (κ2) is 9.10. The number of carbonyl (C=O) groups excluding carboxylic acids is 3. The summed E-state index contributed by atoms with van der Waals surface area (Å²) in [5.41, 5.74) is 4.16. The van der Waals surface area contributed by atoms with Crippen molar-refractivity contribution in [2.45, 2.75) is 44.6 Å². The maximum absolute atomic E-state index is 13.0. The summed E-state index contributed by atoms with van der Waals surface area (Å²) in [4.78, 5) is 38.7. The molecule has 0 aromatic heterocycles. The molecule has 2 aromatic rings. The molecule has 1 heterocycles. The molecule has 7 nitrogen and oxygen atoms in total. The number of nitrogens with one attached hydrogen (secondary N) is 2. The van der Waals surface area contributed by atoms with Gasteiger partial charge in [0, 0.05) is 5.56 Å². The quantitative estimate of drug-likeness (QED) is 0.675. The third-order valence-electron chi connectivity index (χ3n) is 6.63. The summed E-state index contributed by atoms with van der Waals surface area (Å²) >= 11 is 0. The minimum absolute atomic E-state index is 0.156. The van der Waals surface area contributed by atoms with Crippen LogP contribution in [0.15, 0.2) is 60.7 Å². The van der Waals surface area contributed by atoms with Crippen molar-refractivity contribution >= 4 is 29.1 Å². The van der Waals surface area contributed by atoms with E-state index < -0.39 is 0 Å². The Morgan fingerprint density at radius 2 is 1.73 bits per heavy atom. The van der Waals surface area contributed by atoms with Gasteiger partial charge in [0.1, 0.15) is 5.75 Å². The van der Waals surface area contributed by atoms with E-state index in [9.17, 15) is 14.4 Å². The number of anilines is 2. The summed E-state index contributed by atoms with van der Waals surface area (Å²) in [6.45, 7) is 0. The van der Waals surface area contributed by atoms with Crippen LogP contribution in [0.3, 0.4) is 0 Å². The summed E-state index contributed by atoms with van der Waals surface area (Å²) in [5.74, 6) is -0.687. The minimum Gasteiger partial charge on any atom is -0.488 e. The van der Waals surface area contributed by atoms with Gasteiger partial charge in [0.2, 0.25) is 11.8 Å². The number of hydrogen-bond acceptors (Lipinski definition) is 4. The van der Waals surface area contributed by atoms with E-state index in [0.29, 0.717) is 35.5 Å². The topological polar surface area (TPSA) is 87.7 Å². The van der Waals surface area contributed by atoms with Gasteiger partial charge < -0.3 is 10.1 Å². The van der Waals surface area contributed by atoms with Gasteiger partial charge in [-0.1, -0.05) is 30.4 Å². The van der Waals surface area contributed by atoms with E-state index >= 15 is 0 Å². The van der Waals surface area contributed by atoms with Gasteiger partial charge in [-0.3, -0.25) is 19.8 Å². The van der Waals surface area contributed by atoms with Gasteiger partial charge in [-0.2, -0.15) is 0 Å². The lowest BCUT2D eigenvalue weighted by Gasteiger charge is -2.38. The van der Waals surface area contributed by atoms with Crippen molar-refractivity contribution in [1.29, 1.82) is 0 Å². The molecule has 7 heteroatoms. The molecule has 33 heavy (non-hydrogen) atoms. The van der Waals surface area contributed by atoms with E-state index in [1.807, 2.05) is 36.4 Å². The number of ether oxygens (including phenoxy) is 1. The van der Waals surface area contributed by atoms with Crippen LogP contribution in [0.1, 0.15) is 48.9 Å². The second-order valence-corrected chi connectivity index (χ2v) is 8.83. The van der Waals surface area contributed by atoms with Crippen LogP contribution in [0.2, 0.25) is 0 Å². The highest BCUT2D eigenvalue weighted by Gasteiger charge is 2.42. The molecule has 2 N–H and O–H groups in total. The number of para-hydroxylation sites is 2. The molecule has 1 aliphatic heterocycles. The van der Waals surface area contributed by atoms with Gasteiger partial charge in [0.05, 0.1) is 29.3 Å². The van der Waals surface area contributed by atoms with E-state index in [0.717, 1.165) is 25.7 Å². The summed E-state index contributed by atoms with van der Waals surface area (Å²) < 4.78 is 6.12. The zero-order chi connectivity index (χ0) is 22.8. The number of carbonyl (C=O) groups is 3. The average molecular weight is 446 g/mol. The molecule has 5 rings (SSSR count). The zero-order valence-electron chi connectivity index (χ0n) is 18.3. The van der Waals surface area contributed by atoms with Crippen LogP contribution < -0.4 is 20.5 Å². The molecule has 1 saturated heterocycles. The van der Waals surface area contributed by atoms with Gasteiger partial charge in [-0.15, -0.1) is 0 Å². The molecule has 3 aliphatic rings. The number of allylic oxidation sites excluding steroid dienone is 2. The molecule has 0 spiro atoms. The molecule has 2 unspecified atom stereocenters. The molecular formula is C26H27N3O4. The number of rotatable bonds is 5. The molecule has 3 amide bonds. The summed E-state index contributed by atoms with van der Waals surface area (Å²) in [5, 5.41) is 4.21. The Bertz CT molecular complexity index is 1110. The zero-order valence-corrected chi connectivity index (χ0v) is 18.3. The molecule has 2 atom stereocenters. The van der Waals surface area contributed by atoms with E-state index in [1.54, 1.807) is 24.3 Å². The number of benzene rings is 2. The average Bonchev–Trinajstić information content (AvgIpc) is 3.36. The van der Waals surface area contributed by atoms with Gasteiger partial charge in [-0.25, -0.2) is 5.01 Å². The third-order valence-corrected chi connectivity index (χ3v) is 6.63. The maximum Gasteiger partial charge on any atom is 0.255 e. The highest BCUT2D eigenvalue weighted by Crippen LogP contribution is 2.33. The summed E-state index contributed by atoms with van der Waals surface area (Å²) in [7, 11) is 0. The fraction of sp³-hybridized carbons (Fsp3) is 0.346. The van der Waals surface area contributed by atoms with Crippen molar-refractivity contribution in [3.05, 3.63) is 66.2 Å². The van der Waals surface area contributed by atoms with Crippen molar-refractivity contribution in [3.8, 4) is 5.75 Å². The van der Waals surface area contributed by atoms with Crippen LogP contribution >= 0.6 is 0 Å². The second-order valence-electron chi connectivity index (χ2n) is 8.83. The first-order valence-corrected chi connectivity index (χ1v) is 11.6. The summed E-state index contributed by atoms with van der Waals surface area (Å²) in [6, 6.07) is 14.1. The Hall–Kier alpha value is -3.61. The van der Waals surface area contributed by atoms with E-state index in [-0.39, 0.29) is 35.7 Å². The number of hydrogen-bond donors (Lipinski definition) is 2. The fourth-order valence-electron chi connectivity index (χ4n) is 4.82. The van der Waals surface area contributed by atoms with Crippen molar-refractivity contribution in [3.63, 3.8) is 0 Å². The standard InChI is InChI=1S/C26H27N3O4/c30-24(27-22-14-5-6-15-23(22)33-19-10-1-2-11-19)17-8-7-9-18(16-17)29-26(32)21-13-4-3-12-20(21)25(31)28-29/h3-9,14-16,19-21H,1-2,10-13H2,(H,27,30)(H,28,31). The van der Waals surface area contributed by atoms with Crippen LogP contribution in [-0.2, 0) is 9.59 Å². The van der Waals surface area contributed by atoms with E-state index in [4.69, 9.17) is 4.74 Å². The first-order chi connectivity index (χ1) is 16.1. The lowest BCUT2D eigenvalue weighted by atomic mass is 9.80.